The first-order chi connectivity index (χ1) is 15.5. The van der Waals surface area contributed by atoms with Crippen LogP contribution in [0.1, 0.15) is 56.8 Å². The van der Waals surface area contributed by atoms with E-state index in [1.165, 1.54) is 14.0 Å². The highest BCUT2D eigenvalue weighted by molar-refractivity contribution is 6.08. The molecule has 2 amide bonds. The smallest absolute Gasteiger partial charge is 0.332 e. The Hall–Kier alpha value is -3.24. The summed E-state index contributed by atoms with van der Waals surface area (Å²) in [4.78, 5) is 76.5. The molecule has 0 aromatic carbocycles. The molecule has 11 heteroatoms. The van der Waals surface area contributed by atoms with Crippen LogP contribution < -0.4 is 17.0 Å². The predicted octanol–water partition coefficient (Wildman–Crippen LogP) is 0.0748. The second kappa shape index (κ2) is 9.32. The van der Waals surface area contributed by atoms with E-state index in [1.54, 1.807) is 0 Å². The molecule has 1 aliphatic heterocycles. The van der Waals surface area contributed by atoms with Crippen LogP contribution in [0, 0.1) is 17.8 Å². The van der Waals surface area contributed by atoms with Crippen LogP contribution in [-0.2, 0) is 32.7 Å². The van der Waals surface area contributed by atoms with Gasteiger partial charge in [0.2, 0.25) is 17.6 Å². The van der Waals surface area contributed by atoms with E-state index in [0.29, 0.717) is 12.8 Å². The van der Waals surface area contributed by atoms with Gasteiger partial charge in [0.15, 0.2) is 6.61 Å². The van der Waals surface area contributed by atoms with Crippen molar-refractivity contribution in [3.05, 3.63) is 26.4 Å². The van der Waals surface area contributed by atoms with Crippen LogP contribution >= 0.6 is 0 Å². The minimum Gasteiger partial charge on any atom is -0.456 e. The topological polar surface area (TPSA) is 151 Å². The number of anilines is 1. The molecule has 2 fully saturated rings. The van der Waals surface area contributed by atoms with Gasteiger partial charge in [0.05, 0.1) is 11.8 Å². The van der Waals surface area contributed by atoms with E-state index in [0.717, 1.165) is 26.9 Å². The number of Topliss-reactive ketones (excluding diaryl/α,β-unsaturated/α-hetero) is 1. The average molecular weight is 463 g/mol. The van der Waals surface area contributed by atoms with Crippen molar-refractivity contribution in [2.24, 2.45) is 24.8 Å². The van der Waals surface area contributed by atoms with Crippen molar-refractivity contribution < 1.29 is 23.9 Å². The second-order valence-electron chi connectivity index (χ2n) is 9.16. The Morgan fingerprint density at radius 2 is 1.58 bits per heavy atom. The summed E-state index contributed by atoms with van der Waals surface area (Å²) in [5.41, 5.74) is 3.98. The summed E-state index contributed by atoms with van der Waals surface area (Å²) in [6.07, 6.45) is 2.94. The van der Waals surface area contributed by atoms with Gasteiger partial charge in [-0.05, 0) is 25.7 Å². The number of esters is 1. The quantitative estimate of drug-likeness (QED) is 0.340. The Kier molecular flexibility index (Phi) is 6.89. The minimum atomic E-state index is -1.20. The monoisotopic (exact) mass is 462 g/mol. The zero-order chi connectivity index (χ0) is 24.6. The molecule has 3 rings (SSSR count). The van der Waals surface area contributed by atoms with E-state index in [-0.39, 0.29) is 30.1 Å². The molecule has 11 nitrogen and oxygen atoms in total. The lowest BCUT2D eigenvalue weighted by Crippen LogP contribution is -2.45. The number of carbonyl (C=O) groups is 4. The van der Waals surface area contributed by atoms with Crippen LogP contribution in [-0.4, -0.2) is 50.2 Å². The van der Waals surface area contributed by atoms with Crippen LogP contribution in [0.25, 0.3) is 0 Å². The van der Waals surface area contributed by atoms with E-state index in [9.17, 15) is 28.8 Å². The van der Waals surface area contributed by atoms with Crippen molar-refractivity contribution in [3.63, 3.8) is 0 Å². The van der Waals surface area contributed by atoms with E-state index >= 15 is 0 Å². The normalized spacial score (nSPS) is 21.3. The third-order valence-corrected chi connectivity index (χ3v) is 6.36. The molecule has 0 radical (unpaired) electrons. The van der Waals surface area contributed by atoms with Gasteiger partial charge < -0.3 is 10.5 Å². The van der Waals surface area contributed by atoms with Gasteiger partial charge in [0.1, 0.15) is 17.4 Å². The molecule has 3 unspecified atom stereocenters. The number of ketones is 1. The first kappa shape index (κ1) is 24.4. The summed E-state index contributed by atoms with van der Waals surface area (Å²) < 4.78 is 6.97. The maximum Gasteiger partial charge on any atom is 0.332 e. The first-order valence-electron chi connectivity index (χ1n) is 11.1. The number of hydrogen-bond acceptors (Lipinski definition) is 8. The fourth-order valence-electron chi connectivity index (χ4n) is 4.59. The average Bonchev–Trinajstić information content (AvgIpc) is 3.03. The van der Waals surface area contributed by atoms with Crippen LogP contribution in [0.15, 0.2) is 9.59 Å². The molecule has 1 saturated carbocycles. The van der Waals surface area contributed by atoms with Gasteiger partial charge in [-0.3, -0.25) is 33.2 Å². The van der Waals surface area contributed by atoms with Crippen molar-refractivity contribution in [2.75, 3.05) is 12.3 Å². The van der Waals surface area contributed by atoms with E-state index in [1.807, 2.05) is 13.8 Å². The van der Waals surface area contributed by atoms with E-state index in [2.05, 4.69) is 0 Å². The van der Waals surface area contributed by atoms with Crippen LogP contribution in [0.3, 0.4) is 0 Å². The van der Waals surface area contributed by atoms with Crippen molar-refractivity contribution >= 4 is 29.4 Å². The van der Waals surface area contributed by atoms with Gasteiger partial charge in [-0.15, -0.1) is 0 Å². The molecule has 2 aliphatic rings. The predicted molar refractivity (Wildman–Crippen MR) is 117 cm³/mol. The highest BCUT2D eigenvalue weighted by Crippen LogP contribution is 2.38. The Morgan fingerprint density at radius 1 is 1.03 bits per heavy atom. The number of hydrogen-bond donors (Lipinski definition) is 1. The fraction of sp³-hybridized carbons (Fsp3) is 0.636. The summed E-state index contributed by atoms with van der Waals surface area (Å²) in [7, 11) is 1.23. The molecule has 0 bridgehead atoms. The van der Waals surface area contributed by atoms with Gasteiger partial charge >= 0.3 is 11.7 Å². The summed E-state index contributed by atoms with van der Waals surface area (Å²) >= 11 is 0. The van der Waals surface area contributed by atoms with Crippen molar-refractivity contribution in [1.82, 2.24) is 14.0 Å². The summed E-state index contributed by atoms with van der Waals surface area (Å²) in [6, 6.07) is -1.20. The van der Waals surface area contributed by atoms with E-state index < -0.39 is 53.0 Å². The lowest BCUT2D eigenvalue weighted by Gasteiger charge is -2.21. The van der Waals surface area contributed by atoms with Crippen LogP contribution in [0.5, 0.6) is 0 Å². The lowest BCUT2D eigenvalue weighted by molar-refractivity contribution is -0.157. The maximum absolute atomic E-state index is 12.7. The Labute approximate surface area is 190 Å². The first-order valence-corrected chi connectivity index (χ1v) is 11.1. The molecule has 2 heterocycles. The largest absolute Gasteiger partial charge is 0.456 e. The van der Waals surface area contributed by atoms with E-state index in [4.69, 9.17) is 10.5 Å². The Morgan fingerprint density at radius 3 is 2.09 bits per heavy atom. The van der Waals surface area contributed by atoms with Gasteiger partial charge in [-0.25, -0.2) is 9.59 Å². The SMILES string of the molecule is CC(C)Cn1c(N)c(C(=O)COC(=O)C(C)N2C(=O)C3CCCCC3C2=O)c(=O)n(C)c1=O. The highest BCUT2D eigenvalue weighted by Gasteiger charge is 2.51. The van der Waals surface area contributed by atoms with Gasteiger partial charge in [-0.2, -0.15) is 0 Å². The molecule has 1 aliphatic carbocycles. The van der Waals surface area contributed by atoms with Gasteiger partial charge in [0.25, 0.3) is 5.56 Å². The Balaban J connectivity index is 1.76. The summed E-state index contributed by atoms with van der Waals surface area (Å²) in [6.45, 7) is 4.44. The molecule has 33 heavy (non-hydrogen) atoms. The minimum absolute atomic E-state index is 0.0170. The number of nitrogens with two attached hydrogens (primary N) is 1. The molecule has 0 spiro atoms. The van der Waals surface area contributed by atoms with Crippen LogP contribution in [0.4, 0.5) is 5.82 Å². The standard InChI is InChI=1S/C22H30N4O7/c1-11(2)9-25-17(23)16(20(30)24(4)22(25)32)15(27)10-33-21(31)12(3)26-18(28)13-7-5-6-8-14(13)19(26)29/h11-14H,5-10,23H2,1-4H3. The number of amides is 2. The number of fused-ring (bicyclic) bond motifs is 1. The van der Waals surface area contributed by atoms with Crippen molar-refractivity contribution in [2.45, 2.75) is 59.0 Å². The summed E-state index contributed by atoms with van der Waals surface area (Å²) in [5, 5.41) is 0. The molecule has 3 atom stereocenters. The highest BCUT2D eigenvalue weighted by atomic mass is 16.5. The summed E-state index contributed by atoms with van der Waals surface area (Å²) in [5.74, 6) is -3.68. The number of rotatable bonds is 7. The lowest BCUT2D eigenvalue weighted by atomic mass is 9.81. The molecule has 1 saturated heterocycles. The number of aromatic nitrogens is 2. The number of ether oxygens (including phenoxy) is 1. The maximum atomic E-state index is 12.7. The van der Waals surface area contributed by atoms with Gasteiger partial charge in [-0.1, -0.05) is 26.7 Å². The number of likely N-dealkylation sites (tertiary alicyclic amines) is 1. The number of nitrogens with zero attached hydrogens (tertiary/aromatic N) is 3. The third-order valence-electron chi connectivity index (χ3n) is 6.36. The fourth-order valence-corrected chi connectivity index (χ4v) is 4.59. The number of imide groups is 1. The number of carbonyl (C=O) groups excluding carboxylic acids is 4. The second-order valence-corrected chi connectivity index (χ2v) is 9.16. The zero-order valence-corrected chi connectivity index (χ0v) is 19.3. The molecule has 1 aromatic heterocycles. The molecule has 180 valence electrons. The van der Waals surface area contributed by atoms with Crippen molar-refractivity contribution in [1.29, 1.82) is 0 Å². The molecular weight excluding hydrogens is 432 g/mol. The third kappa shape index (κ3) is 4.36. The number of nitrogen functional groups attached to an aromatic ring is 1. The molecule has 1 aromatic rings. The van der Waals surface area contributed by atoms with Crippen molar-refractivity contribution in [3.8, 4) is 0 Å². The Bertz CT molecular complexity index is 1090. The molecule has 2 N–H and O–H groups in total. The zero-order valence-electron chi connectivity index (χ0n) is 19.3. The van der Waals surface area contributed by atoms with Gasteiger partial charge in [0, 0.05) is 13.6 Å². The van der Waals surface area contributed by atoms with Crippen LogP contribution in [0.2, 0.25) is 0 Å². The molecular formula is C22H30N4O7.